The lowest BCUT2D eigenvalue weighted by atomic mass is 10.2. The minimum atomic E-state index is -0.190. The Morgan fingerprint density at radius 3 is 2.44 bits per heavy atom. The molecule has 0 radical (unpaired) electrons. The zero-order valence-electron chi connectivity index (χ0n) is 15.0. The fourth-order valence-electron chi connectivity index (χ4n) is 2.68. The molecule has 1 fully saturated rings. The van der Waals surface area contributed by atoms with Crippen LogP contribution < -0.4 is 10.2 Å². The van der Waals surface area contributed by atoms with Crippen molar-refractivity contribution in [3.8, 4) is 0 Å². The van der Waals surface area contributed by atoms with E-state index in [0.29, 0.717) is 20.1 Å². The van der Waals surface area contributed by atoms with Gasteiger partial charge in [0.25, 0.3) is 5.91 Å². The van der Waals surface area contributed by atoms with E-state index in [9.17, 15) is 4.79 Å². The van der Waals surface area contributed by atoms with Crippen molar-refractivity contribution >= 4 is 63.5 Å². The van der Waals surface area contributed by atoms with Gasteiger partial charge in [-0.15, -0.1) is 0 Å². The number of hydrogen-bond donors (Lipinski definition) is 1. The molecule has 0 spiro atoms. The molecule has 0 bridgehead atoms. The molecule has 0 atom stereocenters. The third-order valence-corrected chi connectivity index (χ3v) is 5.58. The number of carbonyl (C=O) groups excluding carboxylic acids is 1. The summed E-state index contributed by atoms with van der Waals surface area (Å²) in [5.74, 6) is -0.190. The molecule has 4 nitrogen and oxygen atoms in total. The SMILES string of the molecule is CCN(CC)c1ccc(N=C2NC(=O)/C(=C/c3ccc(Cl)cc3Cl)S2)cc1. The van der Waals surface area contributed by atoms with Crippen LogP contribution in [-0.2, 0) is 4.79 Å². The van der Waals surface area contributed by atoms with Gasteiger partial charge in [-0.1, -0.05) is 29.3 Å². The van der Waals surface area contributed by atoms with Crippen LogP contribution in [0.4, 0.5) is 11.4 Å². The van der Waals surface area contributed by atoms with Gasteiger partial charge >= 0.3 is 0 Å². The lowest BCUT2D eigenvalue weighted by Gasteiger charge is -2.20. The highest BCUT2D eigenvalue weighted by Gasteiger charge is 2.24. The number of amides is 1. The molecule has 1 aliphatic heterocycles. The van der Waals surface area contributed by atoms with E-state index in [-0.39, 0.29) is 5.91 Å². The Kier molecular flexibility index (Phi) is 6.47. The quantitative estimate of drug-likeness (QED) is 0.629. The Morgan fingerprint density at radius 1 is 1.11 bits per heavy atom. The van der Waals surface area contributed by atoms with E-state index in [1.165, 1.54) is 11.8 Å². The van der Waals surface area contributed by atoms with Crippen LogP contribution in [0, 0.1) is 0 Å². The average molecular weight is 420 g/mol. The molecule has 1 N–H and O–H groups in total. The molecular formula is C20H19Cl2N3OS. The van der Waals surface area contributed by atoms with E-state index in [2.05, 4.69) is 29.1 Å². The predicted octanol–water partition coefficient (Wildman–Crippen LogP) is 5.73. The van der Waals surface area contributed by atoms with E-state index < -0.39 is 0 Å². The third-order valence-electron chi connectivity index (χ3n) is 4.11. The molecule has 1 amide bonds. The maximum absolute atomic E-state index is 12.2. The molecule has 7 heteroatoms. The van der Waals surface area contributed by atoms with Gasteiger partial charge in [-0.3, -0.25) is 4.79 Å². The monoisotopic (exact) mass is 419 g/mol. The molecule has 2 aromatic rings. The molecule has 27 heavy (non-hydrogen) atoms. The Bertz CT molecular complexity index is 906. The van der Waals surface area contributed by atoms with Crippen molar-refractivity contribution < 1.29 is 4.79 Å². The first-order valence-corrected chi connectivity index (χ1v) is 10.2. The lowest BCUT2D eigenvalue weighted by Crippen LogP contribution is -2.21. The first-order chi connectivity index (χ1) is 13.0. The number of halogens is 2. The highest BCUT2D eigenvalue weighted by atomic mass is 35.5. The van der Waals surface area contributed by atoms with E-state index >= 15 is 0 Å². The van der Waals surface area contributed by atoms with Crippen molar-refractivity contribution in [3.05, 3.63) is 63.0 Å². The van der Waals surface area contributed by atoms with Crippen LogP contribution in [0.3, 0.4) is 0 Å². The number of rotatable bonds is 5. The number of nitrogens with one attached hydrogen (secondary N) is 1. The maximum atomic E-state index is 12.2. The highest BCUT2D eigenvalue weighted by Crippen LogP contribution is 2.31. The average Bonchev–Trinajstić information content (AvgIpc) is 2.99. The zero-order chi connectivity index (χ0) is 19.4. The van der Waals surface area contributed by atoms with Crippen LogP contribution in [0.1, 0.15) is 19.4 Å². The summed E-state index contributed by atoms with van der Waals surface area (Å²) in [6.07, 6.45) is 1.74. The summed E-state index contributed by atoms with van der Waals surface area (Å²) in [6.45, 7) is 6.17. The molecular weight excluding hydrogens is 401 g/mol. The Hall–Kier alpha value is -1.95. The van der Waals surface area contributed by atoms with Crippen molar-refractivity contribution in [3.63, 3.8) is 0 Å². The second-order valence-corrected chi connectivity index (χ2v) is 7.71. The number of hydrogen-bond acceptors (Lipinski definition) is 4. The molecule has 0 aliphatic carbocycles. The fourth-order valence-corrected chi connectivity index (χ4v) is 3.98. The van der Waals surface area contributed by atoms with Gasteiger partial charge in [0.1, 0.15) is 0 Å². The number of amidine groups is 1. The van der Waals surface area contributed by atoms with Crippen LogP contribution >= 0.6 is 35.0 Å². The Labute approximate surface area is 173 Å². The molecule has 1 heterocycles. The normalized spacial score (nSPS) is 16.8. The minimum absolute atomic E-state index is 0.190. The molecule has 3 rings (SSSR count). The summed E-state index contributed by atoms with van der Waals surface area (Å²) >= 11 is 13.4. The molecule has 0 unspecified atom stereocenters. The molecule has 2 aromatic carbocycles. The van der Waals surface area contributed by atoms with Crippen molar-refractivity contribution in [2.24, 2.45) is 4.99 Å². The van der Waals surface area contributed by atoms with Gasteiger partial charge in [-0.05, 0) is 73.6 Å². The van der Waals surface area contributed by atoms with Gasteiger partial charge in [0, 0.05) is 28.8 Å². The topological polar surface area (TPSA) is 44.7 Å². The summed E-state index contributed by atoms with van der Waals surface area (Å²) in [5.41, 5.74) is 2.69. The first kappa shape index (κ1) is 19.8. The van der Waals surface area contributed by atoms with Crippen LogP contribution in [-0.4, -0.2) is 24.2 Å². The summed E-state index contributed by atoms with van der Waals surface area (Å²) in [7, 11) is 0. The number of anilines is 1. The van der Waals surface area contributed by atoms with E-state index in [1.807, 2.05) is 24.3 Å². The van der Waals surface area contributed by atoms with Gasteiger partial charge in [-0.2, -0.15) is 0 Å². The first-order valence-electron chi connectivity index (χ1n) is 8.59. The minimum Gasteiger partial charge on any atom is -0.372 e. The van der Waals surface area contributed by atoms with Crippen LogP contribution in [0.25, 0.3) is 6.08 Å². The van der Waals surface area contributed by atoms with E-state index in [4.69, 9.17) is 23.2 Å². The smallest absolute Gasteiger partial charge is 0.264 e. The van der Waals surface area contributed by atoms with E-state index in [1.54, 1.807) is 24.3 Å². The summed E-state index contributed by atoms with van der Waals surface area (Å²) in [4.78, 5) is 19.5. The lowest BCUT2D eigenvalue weighted by molar-refractivity contribution is -0.115. The summed E-state index contributed by atoms with van der Waals surface area (Å²) in [6, 6.07) is 13.2. The third kappa shape index (κ3) is 4.86. The van der Waals surface area contributed by atoms with Gasteiger partial charge in [0.15, 0.2) is 5.17 Å². The summed E-state index contributed by atoms with van der Waals surface area (Å²) in [5, 5.41) is 4.39. The Balaban J connectivity index is 1.77. The zero-order valence-corrected chi connectivity index (χ0v) is 17.3. The fraction of sp³-hybridized carbons (Fsp3) is 0.200. The van der Waals surface area contributed by atoms with Crippen LogP contribution in [0.15, 0.2) is 52.4 Å². The largest absolute Gasteiger partial charge is 0.372 e. The van der Waals surface area contributed by atoms with Crippen LogP contribution in [0.2, 0.25) is 10.0 Å². The predicted molar refractivity (Wildman–Crippen MR) is 117 cm³/mol. The molecule has 140 valence electrons. The van der Waals surface area contributed by atoms with Crippen LogP contribution in [0.5, 0.6) is 0 Å². The number of aliphatic imine (C=N–C) groups is 1. The molecule has 0 saturated carbocycles. The second-order valence-electron chi connectivity index (χ2n) is 5.84. The van der Waals surface area contributed by atoms with Gasteiger partial charge in [0.2, 0.25) is 0 Å². The Morgan fingerprint density at radius 2 is 1.81 bits per heavy atom. The van der Waals surface area contributed by atoms with E-state index in [0.717, 1.165) is 30.0 Å². The van der Waals surface area contributed by atoms with Crippen molar-refractivity contribution in [1.82, 2.24) is 5.32 Å². The summed E-state index contributed by atoms with van der Waals surface area (Å²) < 4.78 is 0. The number of nitrogens with zero attached hydrogens (tertiary/aromatic N) is 2. The van der Waals surface area contributed by atoms with Gasteiger partial charge in [0.05, 0.1) is 10.6 Å². The van der Waals surface area contributed by atoms with Gasteiger partial charge in [-0.25, -0.2) is 4.99 Å². The number of carbonyl (C=O) groups is 1. The number of thioether (sulfide) groups is 1. The van der Waals surface area contributed by atoms with Crippen molar-refractivity contribution in [1.29, 1.82) is 0 Å². The maximum Gasteiger partial charge on any atom is 0.264 e. The highest BCUT2D eigenvalue weighted by molar-refractivity contribution is 8.18. The standard InChI is InChI=1S/C20H19Cl2N3OS/c1-3-25(4-2)16-9-7-15(8-10-16)23-20-24-19(26)18(27-20)11-13-5-6-14(21)12-17(13)22/h5-12H,3-4H2,1-2H3,(H,23,24,26)/b18-11-. The van der Waals surface area contributed by atoms with Crippen molar-refractivity contribution in [2.45, 2.75) is 13.8 Å². The second kappa shape index (κ2) is 8.83. The number of benzene rings is 2. The molecule has 0 aromatic heterocycles. The molecule has 1 aliphatic rings. The van der Waals surface area contributed by atoms with Gasteiger partial charge < -0.3 is 10.2 Å². The molecule has 1 saturated heterocycles. The van der Waals surface area contributed by atoms with Crippen molar-refractivity contribution in [2.75, 3.05) is 18.0 Å².